The number of pyridine rings is 1. The summed E-state index contributed by atoms with van der Waals surface area (Å²) in [5.41, 5.74) is 3.49. The van der Waals surface area contributed by atoms with Crippen LogP contribution in [0.1, 0.15) is 35.0 Å². The fourth-order valence-electron chi connectivity index (χ4n) is 3.87. The van der Waals surface area contributed by atoms with Gasteiger partial charge in [-0.1, -0.05) is 12.1 Å². The SMILES string of the molecule is CCOC(=O)c1csc(-c2coc(-c3oc4cccc(OCCCNCc5cccnc5)c4c3C)n2)n1. The number of carbonyl (C=O) groups is 1. The van der Waals surface area contributed by atoms with E-state index in [1.165, 1.54) is 17.6 Å². The van der Waals surface area contributed by atoms with Crippen molar-refractivity contribution < 1.29 is 23.1 Å². The number of rotatable bonds is 11. The molecule has 0 unspecified atom stereocenters. The smallest absolute Gasteiger partial charge is 0.357 e. The van der Waals surface area contributed by atoms with E-state index in [-0.39, 0.29) is 5.69 Å². The van der Waals surface area contributed by atoms with Crippen molar-refractivity contribution in [2.24, 2.45) is 0 Å². The molecule has 190 valence electrons. The zero-order chi connectivity index (χ0) is 25.6. The van der Waals surface area contributed by atoms with Gasteiger partial charge in [0.05, 0.1) is 18.6 Å². The third-order valence-electron chi connectivity index (χ3n) is 5.63. The molecule has 0 aliphatic rings. The Bertz CT molecular complexity index is 1490. The topological polar surface area (TPSA) is 113 Å². The van der Waals surface area contributed by atoms with Crippen LogP contribution in [-0.2, 0) is 11.3 Å². The van der Waals surface area contributed by atoms with E-state index in [1.54, 1.807) is 18.5 Å². The molecule has 1 aromatic carbocycles. The molecule has 5 aromatic rings. The zero-order valence-corrected chi connectivity index (χ0v) is 21.3. The molecule has 0 spiro atoms. The Labute approximate surface area is 217 Å². The molecule has 0 aliphatic heterocycles. The van der Waals surface area contributed by atoms with E-state index < -0.39 is 5.97 Å². The normalized spacial score (nSPS) is 11.2. The molecule has 4 aromatic heterocycles. The van der Waals surface area contributed by atoms with E-state index in [4.69, 9.17) is 18.3 Å². The first-order valence-corrected chi connectivity index (χ1v) is 12.9. The minimum atomic E-state index is -0.460. The molecule has 0 bridgehead atoms. The lowest BCUT2D eigenvalue weighted by Crippen LogP contribution is -2.17. The molecule has 0 radical (unpaired) electrons. The first-order chi connectivity index (χ1) is 18.1. The number of ether oxygens (including phenoxy) is 2. The zero-order valence-electron chi connectivity index (χ0n) is 20.5. The number of esters is 1. The molecule has 9 nitrogen and oxygen atoms in total. The number of carbonyl (C=O) groups excluding carboxylic acids is 1. The van der Waals surface area contributed by atoms with Crippen LogP contribution in [0.3, 0.4) is 0 Å². The molecule has 1 N–H and O–H groups in total. The number of hydrogen-bond acceptors (Lipinski definition) is 10. The van der Waals surface area contributed by atoms with Crippen molar-refractivity contribution in [1.29, 1.82) is 0 Å². The maximum absolute atomic E-state index is 11.9. The van der Waals surface area contributed by atoms with E-state index in [2.05, 4.69) is 20.3 Å². The van der Waals surface area contributed by atoms with Crippen LogP contribution in [0.4, 0.5) is 0 Å². The van der Waals surface area contributed by atoms with Gasteiger partial charge in [0.1, 0.15) is 28.3 Å². The number of benzene rings is 1. The summed E-state index contributed by atoms with van der Waals surface area (Å²) in [5.74, 6) is 1.15. The maximum Gasteiger partial charge on any atom is 0.357 e. The minimum Gasteiger partial charge on any atom is -0.493 e. The van der Waals surface area contributed by atoms with E-state index >= 15 is 0 Å². The standard InChI is InChI=1S/C27H26N4O5S/c1-3-33-27(32)20-16-37-26(31-20)19-15-35-25(30-19)24-17(2)23-21(8-4-9-22(23)36-24)34-12-6-11-29-14-18-7-5-10-28-13-18/h4-5,7-10,13,15-16,29H,3,6,11-12,14H2,1-2H3. The summed E-state index contributed by atoms with van der Waals surface area (Å²) < 4.78 is 22.9. The summed E-state index contributed by atoms with van der Waals surface area (Å²) in [6, 6.07) is 9.71. The number of fused-ring (bicyclic) bond motifs is 1. The van der Waals surface area contributed by atoms with Crippen molar-refractivity contribution in [3.05, 3.63) is 71.2 Å². The highest BCUT2D eigenvalue weighted by Gasteiger charge is 2.22. The molecule has 0 fully saturated rings. The number of nitrogens with one attached hydrogen (secondary N) is 1. The highest BCUT2D eigenvalue weighted by atomic mass is 32.1. The van der Waals surface area contributed by atoms with Crippen molar-refractivity contribution >= 4 is 28.3 Å². The molecular formula is C27H26N4O5S. The summed E-state index contributed by atoms with van der Waals surface area (Å²) >= 11 is 1.30. The Balaban J connectivity index is 1.25. The lowest BCUT2D eigenvalue weighted by Gasteiger charge is -2.08. The van der Waals surface area contributed by atoms with Crippen LogP contribution in [0.15, 0.2) is 63.2 Å². The monoisotopic (exact) mass is 518 g/mol. The average Bonchev–Trinajstić information content (AvgIpc) is 3.66. The molecule has 0 saturated carbocycles. The Morgan fingerprint density at radius 2 is 2.11 bits per heavy atom. The number of aryl methyl sites for hydroxylation is 1. The van der Waals surface area contributed by atoms with Crippen LogP contribution in [0, 0.1) is 6.92 Å². The summed E-state index contributed by atoms with van der Waals surface area (Å²) in [7, 11) is 0. The lowest BCUT2D eigenvalue weighted by molar-refractivity contribution is 0.0520. The first-order valence-electron chi connectivity index (χ1n) is 12.0. The Morgan fingerprint density at radius 1 is 1.19 bits per heavy atom. The van der Waals surface area contributed by atoms with Crippen LogP contribution >= 0.6 is 11.3 Å². The number of oxazole rings is 1. The third kappa shape index (κ3) is 5.55. The fourth-order valence-corrected chi connectivity index (χ4v) is 4.61. The number of hydrogen-bond donors (Lipinski definition) is 1. The molecule has 5 rings (SSSR count). The van der Waals surface area contributed by atoms with Crippen LogP contribution in [-0.4, -0.2) is 40.7 Å². The van der Waals surface area contributed by atoms with Gasteiger partial charge in [-0.3, -0.25) is 4.98 Å². The van der Waals surface area contributed by atoms with Gasteiger partial charge in [0.25, 0.3) is 5.89 Å². The van der Waals surface area contributed by atoms with E-state index in [0.29, 0.717) is 41.1 Å². The van der Waals surface area contributed by atoms with Gasteiger partial charge in [-0.05, 0) is 50.6 Å². The van der Waals surface area contributed by atoms with Crippen LogP contribution in [0.5, 0.6) is 5.75 Å². The number of aromatic nitrogens is 3. The van der Waals surface area contributed by atoms with E-state index in [9.17, 15) is 4.79 Å². The molecule has 0 saturated heterocycles. The quantitative estimate of drug-likeness (QED) is 0.175. The van der Waals surface area contributed by atoms with Crippen molar-refractivity contribution in [2.45, 2.75) is 26.8 Å². The maximum atomic E-state index is 11.9. The second kappa shape index (κ2) is 11.4. The third-order valence-corrected chi connectivity index (χ3v) is 6.49. The fraction of sp³-hybridized carbons (Fsp3) is 0.259. The van der Waals surface area contributed by atoms with Gasteiger partial charge in [-0.25, -0.2) is 14.8 Å². The Morgan fingerprint density at radius 3 is 2.95 bits per heavy atom. The molecule has 4 heterocycles. The van der Waals surface area contributed by atoms with Gasteiger partial charge < -0.3 is 23.6 Å². The molecule has 37 heavy (non-hydrogen) atoms. The van der Waals surface area contributed by atoms with Gasteiger partial charge in [0.15, 0.2) is 11.5 Å². The van der Waals surface area contributed by atoms with Gasteiger partial charge in [0.2, 0.25) is 0 Å². The summed E-state index contributed by atoms with van der Waals surface area (Å²) in [6.07, 6.45) is 5.99. The predicted molar refractivity (Wildman–Crippen MR) is 140 cm³/mol. The molecule has 10 heteroatoms. The Hall–Kier alpha value is -4.02. The number of nitrogens with zero attached hydrogens (tertiary/aromatic N) is 3. The molecule has 0 atom stereocenters. The summed E-state index contributed by atoms with van der Waals surface area (Å²) in [5, 5.41) is 6.50. The lowest BCUT2D eigenvalue weighted by atomic mass is 10.1. The van der Waals surface area contributed by atoms with Gasteiger partial charge in [-0.15, -0.1) is 11.3 Å². The van der Waals surface area contributed by atoms with E-state index in [1.807, 2.05) is 43.5 Å². The summed E-state index contributed by atoms with van der Waals surface area (Å²) in [4.78, 5) is 24.9. The highest BCUT2D eigenvalue weighted by Crippen LogP contribution is 2.38. The van der Waals surface area contributed by atoms with Crippen molar-refractivity contribution in [3.63, 3.8) is 0 Å². The molecule has 0 aliphatic carbocycles. The van der Waals surface area contributed by atoms with Crippen molar-refractivity contribution in [3.8, 4) is 28.1 Å². The minimum absolute atomic E-state index is 0.250. The van der Waals surface area contributed by atoms with Gasteiger partial charge in [0, 0.05) is 29.9 Å². The average molecular weight is 519 g/mol. The highest BCUT2D eigenvalue weighted by molar-refractivity contribution is 7.13. The van der Waals surface area contributed by atoms with E-state index in [0.717, 1.165) is 41.8 Å². The van der Waals surface area contributed by atoms with Gasteiger partial charge in [-0.2, -0.15) is 0 Å². The second-order valence-electron chi connectivity index (χ2n) is 8.22. The second-order valence-corrected chi connectivity index (χ2v) is 9.08. The summed E-state index contributed by atoms with van der Waals surface area (Å²) in [6.45, 7) is 6.17. The Kier molecular flexibility index (Phi) is 7.57. The van der Waals surface area contributed by atoms with Gasteiger partial charge >= 0.3 is 5.97 Å². The molecule has 0 amide bonds. The van der Waals surface area contributed by atoms with Crippen LogP contribution < -0.4 is 10.1 Å². The first kappa shape index (κ1) is 24.7. The number of thiazole rings is 1. The molecular weight excluding hydrogens is 492 g/mol. The van der Waals surface area contributed by atoms with Crippen LogP contribution in [0.2, 0.25) is 0 Å². The van der Waals surface area contributed by atoms with Crippen LogP contribution in [0.25, 0.3) is 33.3 Å². The predicted octanol–water partition coefficient (Wildman–Crippen LogP) is 5.65. The number of furan rings is 1. The largest absolute Gasteiger partial charge is 0.493 e. The van der Waals surface area contributed by atoms with Crippen molar-refractivity contribution in [1.82, 2.24) is 20.3 Å². The van der Waals surface area contributed by atoms with Crippen molar-refractivity contribution in [2.75, 3.05) is 19.8 Å².